The number of benzene rings is 1. The van der Waals surface area contributed by atoms with Crippen LogP contribution in [0.4, 0.5) is 0 Å². The van der Waals surface area contributed by atoms with Crippen molar-refractivity contribution >= 4 is 0 Å². The summed E-state index contributed by atoms with van der Waals surface area (Å²) in [7, 11) is 1.63. The summed E-state index contributed by atoms with van der Waals surface area (Å²) >= 11 is 0. The summed E-state index contributed by atoms with van der Waals surface area (Å²) in [6, 6.07) is 11.2. The molecule has 0 aliphatic carbocycles. The molecule has 6 nitrogen and oxygen atoms in total. The number of ether oxygens (including phenoxy) is 1. The zero-order valence-electron chi connectivity index (χ0n) is 11.0. The third-order valence-electron chi connectivity index (χ3n) is 3.00. The van der Waals surface area contributed by atoms with E-state index in [0.29, 0.717) is 18.0 Å². The van der Waals surface area contributed by atoms with Gasteiger partial charge in [0.15, 0.2) is 5.76 Å². The van der Waals surface area contributed by atoms with Crippen LogP contribution >= 0.6 is 0 Å². The minimum Gasteiger partial charge on any atom is -0.497 e. The molecule has 0 atom stereocenters. The van der Waals surface area contributed by atoms with E-state index in [-0.39, 0.29) is 0 Å². The van der Waals surface area contributed by atoms with Crippen molar-refractivity contribution in [3.8, 4) is 22.9 Å². The second kappa shape index (κ2) is 5.18. The first-order valence-corrected chi connectivity index (χ1v) is 6.16. The van der Waals surface area contributed by atoms with E-state index < -0.39 is 0 Å². The lowest BCUT2D eigenvalue weighted by atomic mass is 10.2. The third kappa shape index (κ3) is 2.06. The molecule has 102 valence electrons. The summed E-state index contributed by atoms with van der Waals surface area (Å²) in [5.74, 6) is 1.47. The lowest BCUT2D eigenvalue weighted by Crippen LogP contribution is -2.02. The summed E-state index contributed by atoms with van der Waals surface area (Å²) in [5, 5.41) is 8.26. The van der Waals surface area contributed by atoms with Gasteiger partial charge in [-0.1, -0.05) is 5.21 Å². The van der Waals surface area contributed by atoms with Crippen molar-refractivity contribution < 1.29 is 9.15 Å². The highest BCUT2D eigenvalue weighted by Gasteiger charge is 2.17. The lowest BCUT2D eigenvalue weighted by molar-refractivity contribution is 0.414. The van der Waals surface area contributed by atoms with Crippen LogP contribution in [0.3, 0.4) is 0 Å². The van der Waals surface area contributed by atoms with Crippen LogP contribution in [-0.4, -0.2) is 22.1 Å². The summed E-state index contributed by atoms with van der Waals surface area (Å²) in [5.41, 5.74) is 8.04. The van der Waals surface area contributed by atoms with Crippen LogP contribution in [0.25, 0.3) is 17.1 Å². The Labute approximate surface area is 115 Å². The summed E-state index contributed by atoms with van der Waals surface area (Å²) in [4.78, 5) is 0. The van der Waals surface area contributed by atoms with Crippen LogP contribution in [0.1, 0.15) is 5.69 Å². The highest BCUT2D eigenvalue weighted by molar-refractivity contribution is 5.58. The van der Waals surface area contributed by atoms with Gasteiger partial charge in [-0.15, -0.1) is 5.10 Å². The fraction of sp³-hybridized carbons (Fsp3) is 0.143. The average molecular weight is 270 g/mol. The van der Waals surface area contributed by atoms with Crippen molar-refractivity contribution in [2.75, 3.05) is 7.11 Å². The van der Waals surface area contributed by atoms with Crippen LogP contribution < -0.4 is 10.5 Å². The molecule has 0 aliphatic rings. The Morgan fingerprint density at radius 1 is 1.25 bits per heavy atom. The van der Waals surface area contributed by atoms with Gasteiger partial charge in [-0.3, -0.25) is 0 Å². The van der Waals surface area contributed by atoms with E-state index in [2.05, 4.69) is 10.3 Å². The topological polar surface area (TPSA) is 79.1 Å². The second-order valence-corrected chi connectivity index (χ2v) is 4.18. The third-order valence-corrected chi connectivity index (χ3v) is 3.00. The van der Waals surface area contributed by atoms with Crippen LogP contribution in [0.2, 0.25) is 0 Å². The molecule has 1 aromatic carbocycles. The van der Waals surface area contributed by atoms with Gasteiger partial charge in [0.1, 0.15) is 17.1 Å². The number of furan rings is 1. The van der Waals surface area contributed by atoms with Crippen molar-refractivity contribution in [2.24, 2.45) is 5.73 Å². The highest BCUT2D eigenvalue weighted by Crippen LogP contribution is 2.26. The summed E-state index contributed by atoms with van der Waals surface area (Å²) in [6.45, 7) is 0.298. The molecule has 0 radical (unpaired) electrons. The molecule has 0 aliphatic heterocycles. The van der Waals surface area contributed by atoms with E-state index in [1.165, 1.54) is 0 Å². The molecule has 0 saturated carbocycles. The fourth-order valence-corrected chi connectivity index (χ4v) is 2.01. The molecule has 20 heavy (non-hydrogen) atoms. The minimum atomic E-state index is 0.298. The molecular weight excluding hydrogens is 256 g/mol. The number of methoxy groups -OCH3 is 1. The quantitative estimate of drug-likeness (QED) is 0.784. The van der Waals surface area contributed by atoms with Crippen LogP contribution in [-0.2, 0) is 6.54 Å². The van der Waals surface area contributed by atoms with E-state index in [1.807, 2.05) is 36.4 Å². The maximum Gasteiger partial charge on any atom is 0.154 e. The summed E-state index contributed by atoms with van der Waals surface area (Å²) < 4.78 is 12.3. The maximum absolute atomic E-state index is 5.72. The van der Waals surface area contributed by atoms with E-state index in [9.17, 15) is 0 Å². The van der Waals surface area contributed by atoms with Gasteiger partial charge in [0, 0.05) is 6.54 Å². The van der Waals surface area contributed by atoms with E-state index in [0.717, 1.165) is 17.1 Å². The van der Waals surface area contributed by atoms with Crippen LogP contribution in [0, 0.1) is 0 Å². The summed E-state index contributed by atoms with van der Waals surface area (Å²) in [6.07, 6.45) is 1.61. The van der Waals surface area contributed by atoms with Crippen LogP contribution in [0.5, 0.6) is 5.75 Å². The Balaban J connectivity index is 2.11. The molecule has 0 fully saturated rings. The molecule has 2 heterocycles. The van der Waals surface area contributed by atoms with Gasteiger partial charge >= 0.3 is 0 Å². The van der Waals surface area contributed by atoms with E-state index in [1.54, 1.807) is 18.1 Å². The smallest absolute Gasteiger partial charge is 0.154 e. The average Bonchev–Trinajstić information content (AvgIpc) is 3.15. The molecule has 0 amide bonds. The molecule has 0 unspecified atom stereocenters. The van der Waals surface area contributed by atoms with Gasteiger partial charge in [-0.05, 0) is 36.4 Å². The first kappa shape index (κ1) is 12.4. The molecule has 6 heteroatoms. The molecule has 2 aromatic heterocycles. The molecular formula is C14H14N4O2. The van der Waals surface area contributed by atoms with Crippen LogP contribution in [0.15, 0.2) is 47.1 Å². The zero-order valence-corrected chi connectivity index (χ0v) is 11.0. The monoisotopic (exact) mass is 270 g/mol. The first-order chi connectivity index (χ1) is 9.83. The largest absolute Gasteiger partial charge is 0.497 e. The van der Waals surface area contributed by atoms with Gasteiger partial charge in [0.05, 0.1) is 19.1 Å². The van der Waals surface area contributed by atoms with Gasteiger partial charge in [0.25, 0.3) is 0 Å². The standard InChI is InChI=1S/C14H14N4O2/c1-19-11-6-4-10(5-7-11)18-14(12(9-15)16-17-18)13-3-2-8-20-13/h2-8H,9,15H2,1H3. The number of hydrogen-bond donors (Lipinski definition) is 1. The number of nitrogens with zero attached hydrogens (tertiary/aromatic N) is 3. The number of aromatic nitrogens is 3. The van der Waals surface area contributed by atoms with E-state index >= 15 is 0 Å². The van der Waals surface area contributed by atoms with Crippen molar-refractivity contribution in [3.05, 3.63) is 48.4 Å². The number of hydrogen-bond acceptors (Lipinski definition) is 5. The predicted molar refractivity (Wildman–Crippen MR) is 73.5 cm³/mol. The predicted octanol–water partition coefficient (Wildman–Crippen LogP) is 1.99. The molecule has 0 bridgehead atoms. The molecule has 2 N–H and O–H groups in total. The minimum absolute atomic E-state index is 0.298. The molecule has 3 aromatic rings. The fourth-order valence-electron chi connectivity index (χ4n) is 2.01. The SMILES string of the molecule is COc1ccc(-n2nnc(CN)c2-c2ccco2)cc1. The van der Waals surface area contributed by atoms with Gasteiger partial charge in [-0.2, -0.15) is 0 Å². The molecule has 3 rings (SSSR count). The van der Waals surface area contributed by atoms with Crippen molar-refractivity contribution in [1.82, 2.24) is 15.0 Å². The Morgan fingerprint density at radius 2 is 2.05 bits per heavy atom. The lowest BCUT2D eigenvalue weighted by Gasteiger charge is -2.06. The van der Waals surface area contributed by atoms with Crippen molar-refractivity contribution in [1.29, 1.82) is 0 Å². The molecule has 0 spiro atoms. The molecule has 0 saturated heterocycles. The number of rotatable bonds is 4. The Bertz CT molecular complexity index is 687. The van der Waals surface area contributed by atoms with Gasteiger partial charge in [-0.25, -0.2) is 4.68 Å². The van der Waals surface area contributed by atoms with E-state index in [4.69, 9.17) is 14.9 Å². The highest BCUT2D eigenvalue weighted by atomic mass is 16.5. The first-order valence-electron chi connectivity index (χ1n) is 6.16. The second-order valence-electron chi connectivity index (χ2n) is 4.18. The number of nitrogens with two attached hydrogens (primary N) is 1. The zero-order chi connectivity index (χ0) is 13.9. The van der Waals surface area contributed by atoms with Gasteiger partial charge < -0.3 is 14.9 Å². The Morgan fingerprint density at radius 3 is 2.65 bits per heavy atom. The normalized spacial score (nSPS) is 10.7. The Hall–Kier alpha value is -2.60. The maximum atomic E-state index is 5.72. The van der Waals surface area contributed by atoms with Crippen molar-refractivity contribution in [3.63, 3.8) is 0 Å². The van der Waals surface area contributed by atoms with Crippen molar-refractivity contribution in [2.45, 2.75) is 6.54 Å². The Kier molecular flexibility index (Phi) is 3.22. The van der Waals surface area contributed by atoms with Gasteiger partial charge in [0.2, 0.25) is 0 Å².